The van der Waals surface area contributed by atoms with Crippen LogP contribution in [-0.4, -0.2) is 15.9 Å². The number of aliphatic hydroxyl groups excluding tert-OH is 1. The Kier molecular flexibility index (Phi) is 7.76. The van der Waals surface area contributed by atoms with E-state index in [1.165, 1.54) is 19.9 Å². The maximum atomic E-state index is 10.0. The number of ether oxygens (including phenoxy) is 2. The third-order valence-corrected chi connectivity index (χ3v) is 11.3. The summed E-state index contributed by atoms with van der Waals surface area (Å²) in [5.74, 6) is 2.93. The fourth-order valence-electron chi connectivity index (χ4n) is 4.83. The Morgan fingerprint density at radius 2 is 1.50 bits per heavy atom. The molecule has 2 aliphatic heterocycles. The summed E-state index contributed by atoms with van der Waals surface area (Å²) in [5, 5.41) is 12.5. The second-order valence-electron chi connectivity index (χ2n) is 9.26. The summed E-state index contributed by atoms with van der Waals surface area (Å²) in [6.07, 6.45) is 1.17. The molecule has 1 radical (unpaired) electrons. The second-order valence-corrected chi connectivity index (χ2v) is 13.5. The minimum atomic E-state index is -2.33. The maximum Gasteiger partial charge on any atom is 0.155 e. The minimum absolute atomic E-state index is 0. The van der Waals surface area contributed by atoms with Gasteiger partial charge in [0.2, 0.25) is 0 Å². The van der Waals surface area contributed by atoms with Gasteiger partial charge in [0.1, 0.15) is 11.5 Å². The van der Waals surface area contributed by atoms with Crippen LogP contribution in [0.2, 0.25) is 0 Å². The van der Waals surface area contributed by atoms with Crippen molar-refractivity contribution in [2.75, 3.05) is 0 Å². The number of pyridine rings is 1. The normalized spacial score (nSPS) is 16.0. The van der Waals surface area contributed by atoms with E-state index < -0.39 is 6.04 Å². The molecule has 1 atom stereocenters. The van der Waals surface area contributed by atoms with E-state index in [0.29, 0.717) is 5.75 Å². The topological polar surface area (TPSA) is 68.7 Å². The maximum absolute atomic E-state index is 10.0. The van der Waals surface area contributed by atoms with E-state index in [9.17, 15) is 4.79 Å². The van der Waals surface area contributed by atoms with E-state index in [2.05, 4.69) is 30.3 Å². The Balaban J connectivity index is 0.000000362. The molecule has 5 aromatic rings. The molecule has 2 aliphatic rings. The molecule has 0 bridgehead atoms. The molecule has 8 heteroatoms. The Morgan fingerprint density at radius 3 is 2.15 bits per heavy atom. The molecule has 0 aliphatic carbocycles. The number of aromatic nitrogens is 1. The van der Waals surface area contributed by atoms with E-state index in [4.69, 9.17) is 31.4 Å². The van der Waals surface area contributed by atoms with Gasteiger partial charge in [0.05, 0.1) is 22.8 Å². The SMILES string of the molecule is CC(=O)/C=C(/C)O.S=P12c3ccccc3Oc3[c-]c(-c4ccc5ccccc5n4)cc(c31)Oc1ccccc12.[Ir]. The number of allylic oxidation sites excluding steroid dienone is 2. The van der Waals surface area contributed by atoms with Gasteiger partial charge in [-0.05, 0) is 48.4 Å². The number of ketones is 1. The number of aliphatic hydroxyl groups is 1. The van der Waals surface area contributed by atoms with Crippen molar-refractivity contribution in [2.24, 2.45) is 0 Å². The van der Waals surface area contributed by atoms with Crippen molar-refractivity contribution in [1.29, 1.82) is 0 Å². The molecule has 0 spiro atoms. The van der Waals surface area contributed by atoms with Crippen molar-refractivity contribution in [3.8, 4) is 34.3 Å². The van der Waals surface area contributed by atoms with Crippen molar-refractivity contribution in [2.45, 2.75) is 13.8 Å². The summed E-state index contributed by atoms with van der Waals surface area (Å²) < 4.78 is 12.7. The van der Waals surface area contributed by atoms with Crippen molar-refractivity contribution >= 4 is 50.4 Å². The number of rotatable bonds is 2. The molecule has 7 rings (SSSR count). The van der Waals surface area contributed by atoms with Crippen molar-refractivity contribution < 1.29 is 39.5 Å². The molecule has 4 aromatic carbocycles. The fraction of sp³-hybridized carbons (Fsp3) is 0.0625. The summed E-state index contributed by atoms with van der Waals surface area (Å²) in [4.78, 5) is 14.9. The van der Waals surface area contributed by atoms with E-state index in [0.717, 1.165) is 55.3 Å². The van der Waals surface area contributed by atoms with Gasteiger partial charge in [-0.1, -0.05) is 90.7 Å². The van der Waals surface area contributed by atoms with Gasteiger partial charge in [-0.3, -0.25) is 9.78 Å². The average molecular weight is 741 g/mol. The summed E-state index contributed by atoms with van der Waals surface area (Å²) >= 11 is 6.50. The van der Waals surface area contributed by atoms with Gasteiger partial charge in [-0.25, -0.2) is 0 Å². The predicted octanol–water partition coefficient (Wildman–Crippen LogP) is 6.70. The van der Waals surface area contributed by atoms with Gasteiger partial charge in [0.15, 0.2) is 5.78 Å². The second kappa shape index (κ2) is 11.1. The number of nitrogens with zero attached hydrogens (tertiary/aromatic N) is 1. The van der Waals surface area contributed by atoms with Crippen molar-refractivity contribution in [1.82, 2.24) is 4.98 Å². The largest absolute Gasteiger partial charge is 0.512 e. The Bertz CT molecular complexity index is 1790. The van der Waals surface area contributed by atoms with Crippen LogP contribution in [0.1, 0.15) is 13.8 Å². The molecule has 0 saturated carbocycles. The van der Waals surface area contributed by atoms with Crippen LogP contribution in [0.4, 0.5) is 0 Å². The molecule has 1 aromatic heterocycles. The Hall–Kier alpha value is -3.60. The third-order valence-electron chi connectivity index (χ3n) is 6.41. The molecule has 1 unspecified atom stereocenters. The van der Waals surface area contributed by atoms with Crippen molar-refractivity contribution in [3.05, 3.63) is 109 Å². The van der Waals surface area contributed by atoms with E-state index in [-0.39, 0.29) is 31.6 Å². The number of benzene rings is 4. The molecule has 0 amide bonds. The third kappa shape index (κ3) is 4.91. The number of hydrogen-bond donors (Lipinski definition) is 1. The first-order valence-corrected chi connectivity index (χ1v) is 15.1. The first-order valence-electron chi connectivity index (χ1n) is 12.3. The molecule has 5 nitrogen and oxygen atoms in total. The van der Waals surface area contributed by atoms with E-state index in [1.807, 2.05) is 66.7 Å². The smallest absolute Gasteiger partial charge is 0.155 e. The number of para-hydroxylation sites is 3. The molecule has 3 heterocycles. The average Bonchev–Trinajstić information content (AvgIpc) is 2.92. The summed E-state index contributed by atoms with van der Waals surface area (Å²) in [7, 11) is 0. The molecular formula is C32H23IrNO4PS-. The van der Waals surface area contributed by atoms with E-state index >= 15 is 0 Å². The zero-order chi connectivity index (χ0) is 27.1. The van der Waals surface area contributed by atoms with Crippen LogP contribution < -0.4 is 25.4 Å². The first kappa shape index (κ1) is 27.9. The van der Waals surface area contributed by atoms with Gasteiger partial charge in [-0.2, -0.15) is 0 Å². The van der Waals surface area contributed by atoms with Gasteiger partial charge in [0.25, 0.3) is 0 Å². The number of fused-ring (bicyclic) bond motifs is 5. The Morgan fingerprint density at radius 1 is 0.875 bits per heavy atom. The standard InChI is InChI=1S/C27H15NO2PS.C5H8O2.Ir/c32-31-25-11-5-3-9-21(25)29-23-15-18(20-14-13-17-7-1-2-8-19(17)28-20)16-24(27(23)31)30-22-10-4-6-12-26(22)31;1-4(6)3-5(2)7;/h1-15H;3,6H,1-2H3;/q-1;;/b;4-3-;. The molecule has 0 saturated heterocycles. The summed E-state index contributed by atoms with van der Waals surface area (Å²) in [5.41, 5.74) is 2.58. The van der Waals surface area contributed by atoms with Crippen LogP contribution >= 0.6 is 6.04 Å². The van der Waals surface area contributed by atoms with Gasteiger partial charge < -0.3 is 14.6 Å². The van der Waals surface area contributed by atoms with Crippen LogP contribution in [-0.2, 0) is 36.7 Å². The monoisotopic (exact) mass is 741 g/mol. The van der Waals surface area contributed by atoms with E-state index in [1.54, 1.807) is 0 Å². The van der Waals surface area contributed by atoms with Crippen LogP contribution in [0, 0.1) is 6.07 Å². The summed E-state index contributed by atoms with van der Waals surface area (Å²) in [6.45, 7) is 2.85. The van der Waals surface area contributed by atoms with Crippen LogP contribution in [0.15, 0.2) is 103 Å². The molecule has 201 valence electrons. The quantitative estimate of drug-likeness (QED) is 0.0922. The number of carbonyl (C=O) groups is 1. The molecular weight excluding hydrogens is 718 g/mol. The number of carbonyl (C=O) groups excluding carboxylic acids is 1. The van der Waals surface area contributed by atoms with Crippen LogP contribution in [0.5, 0.6) is 23.0 Å². The van der Waals surface area contributed by atoms with Crippen LogP contribution in [0.3, 0.4) is 0 Å². The molecule has 40 heavy (non-hydrogen) atoms. The predicted molar refractivity (Wildman–Crippen MR) is 159 cm³/mol. The molecule has 1 N–H and O–H groups in total. The fourth-order valence-corrected chi connectivity index (χ4v) is 9.26. The van der Waals surface area contributed by atoms with Crippen LogP contribution in [0.25, 0.3) is 22.2 Å². The first-order chi connectivity index (χ1) is 18.8. The van der Waals surface area contributed by atoms with Gasteiger partial charge in [0, 0.05) is 42.8 Å². The Labute approximate surface area is 250 Å². The zero-order valence-electron chi connectivity index (χ0n) is 21.5. The zero-order valence-corrected chi connectivity index (χ0v) is 25.7. The van der Waals surface area contributed by atoms with Crippen molar-refractivity contribution in [3.63, 3.8) is 0 Å². The van der Waals surface area contributed by atoms with Gasteiger partial charge in [-0.15, -0.1) is 5.56 Å². The summed E-state index contributed by atoms with van der Waals surface area (Å²) in [6, 6.07) is 31.5. The molecule has 0 fully saturated rings. The van der Waals surface area contributed by atoms with Gasteiger partial charge >= 0.3 is 0 Å². The number of hydrogen-bond acceptors (Lipinski definition) is 6. The minimum Gasteiger partial charge on any atom is -0.512 e.